The molecule has 0 unspecified atom stereocenters. The van der Waals surface area contributed by atoms with Crippen LogP contribution in [0.5, 0.6) is 5.75 Å². The minimum absolute atomic E-state index is 0.0630. The smallest absolute Gasteiger partial charge is 0.265 e. The first-order chi connectivity index (χ1) is 13.4. The zero-order valence-corrected chi connectivity index (χ0v) is 16.3. The lowest BCUT2D eigenvalue weighted by atomic mass is 10.0. The fourth-order valence-corrected chi connectivity index (χ4v) is 4.74. The average molecular weight is 404 g/mol. The van der Waals surface area contributed by atoms with Crippen molar-refractivity contribution in [3.8, 4) is 5.75 Å². The van der Waals surface area contributed by atoms with Crippen LogP contribution in [0, 0.1) is 11.7 Å². The van der Waals surface area contributed by atoms with E-state index in [1.165, 1.54) is 13.2 Å². The summed E-state index contributed by atoms with van der Waals surface area (Å²) in [6.07, 6.45) is 3.48. The van der Waals surface area contributed by atoms with E-state index in [9.17, 15) is 17.6 Å². The van der Waals surface area contributed by atoms with Gasteiger partial charge in [-0.15, -0.1) is 0 Å². The molecule has 1 fully saturated rings. The highest BCUT2D eigenvalue weighted by Crippen LogP contribution is 2.37. The summed E-state index contributed by atoms with van der Waals surface area (Å²) in [5.41, 5.74) is 2.13. The Morgan fingerprint density at radius 1 is 1.21 bits per heavy atom. The minimum Gasteiger partial charge on any atom is -0.495 e. The van der Waals surface area contributed by atoms with Gasteiger partial charge in [0.1, 0.15) is 16.5 Å². The predicted octanol–water partition coefficient (Wildman–Crippen LogP) is 3.32. The van der Waals surface area contributed by atoms with Crippen molar-refractivity contribution in [2.45, 2.75) is 30.6 Å². The molecule has 28 heavy (non-hydrogen) atoms. The van der Waals surface area contributed by atoms with Crippen LogP contribution >= 0.6 is 0 Å². The zero-order chi connectivity index (χ0) is 19.9. The van der Waals surface area contributed by atoms with E-state index in [2.05, 4.69) is 4.72 Å². The van der Waals surface area contributed by atoms with E-state index in [1.807, 2.05) is 4.90 Å². The SMILES string of the molecule is COc1ccc(F)cc1S(=O)(=O)Nc1ccc2c(c1)CCCN2C(=O)C1CC1. The molecule has 148 valence electrons. The molecule has 0 saturated heterocycles. The third-order valence-electron chi connectivity index (χ3n) is 5.06. The second kappa shape index (κ2) is 7.09. The van der Waals surface area contributed by atoms with Gasteiger partial charge in [-0.25, -0.2) is 12.8 Å². The van der Waals surface area contributed by atoms with Gasteiger partial charge >= 0.3 is 0 Å². The molecule has 2 aliphatic rings. The highest BCUT2D eigenvalue weighted by molar-refractivity contribution is 7.92. The molecule has 2 aromatic rings. The first-order valence-electron chi connectivity index (χ1n) is 9.20. The maximum Gasteiger partial charge on any atom is 0.265 e. The lowest BCUT2D eigenvalue weighted by molar-refractivity contribution is -0.119. The van der Waals surface area contributed by atoms with Gasteiger partial charge in [0.05, 0.1) is 7.11 Å². The Morgan fingerprint density at radius 3 is 2.71 bits per heavy atom. The summed E-state index contributed by atoms with van der Waals surface area (Å²) < 4.78 is 46.6. The molecule has 6 nitrogen and oxygen atoms in total. The summed E-state index contributed by atoms with van der Waals surface area (Å²) in [6, 6.07) is 8.48. The number of carbonyl (C=O) groups is 1. The van der Waals surface area contributed by atoms with Crippen molar-refractivity contribution in [3.63, 3.8) is 0 Å². The van der Waals surface area contributed by atoms with Crippen LogP contribution in [0.15, 0.2) is 41.3 Å². The topological polar surface area (TPSA) is 75.7 Å². The highest BCUT2D eigenvalue weighted by atomic mass is 32.2. The molecule has 1 N–H and O–H groups in total. The molecular weight excluding hydrogens is 383 g/mol. The average Bonchev–Trinajstić information content (AvgIpc) is 3.51. The number of nitrogens with zero attached hydrogens (tertiary/aromatic N) is 1. The largest absolute Gasteiger partial charge is 0.495 e. The lowest BCUT2D eigenvalue weighted by Gasteiger charge is -2.30. The first kappa shape index (κ1) is 18.7. The van der Waals surface area contributed by atoms with Crippen molar-refractivity contribution in [2.75, 3.05) is 23.3 Å². The number of hydrogen-bond donors (Lipinski definition) is 1. The van der Waals surface area contributed by atoms with Gasteiger partial charge < -0.3 is 9.64 Å². The van der Waals surface area contributed by atoms with Crippen LogP contribution in [0.2, 0.25) is 0 Å². The monoisotopic (exact) mass is 404 g/mol. The summed E-state index contributed by atoms with van der Waals surface area (Å²) in [6.45, 7) is 0.688. The van der Waals surface area contributed by atoms with Crippen LogP contribution in [-0.4, -0.2) is 28.0 Å². The third kappa shape index (κ3) is 3.56. The van der Waals surface area contributed by atoms with E-state index in [4.69, 9.17) is 4.74 Å². The second-order valence-electron chi connectivity index (χ2n) is 7.11. The van der Waals surface area contributed by atoms with Crippen LogP contribution < -0.4 is 14.4 Å². The van der Waals surface area contributed by atoms with Crippen molar-refractivity contribution in [1.29, 1.82) is 0 Å². The van der Waals surface area contributed by atoms with Crippen LogP contribution in [-0.2, 0) is 21.2 Å². The molecule has 0 aromatic heterocycles. The maximum atomic E-state index is 13.6. The highest BCUT2D eigenvalue weighted by Gasteiger charge is 2.35. The van der Waals surface area contributed by atoms with Crippen LogP contribution in [0.3, 0.4) is 0 Å². The molecule has 0 atom stereocenters. The Morgan fingerprint density at radius 2 is 2.00 bits per heavy atom. The van der Waals surface area contributed by atoms with Gasteiger partial charge in [-0.1, -0.05) is 0 Å². The lowest BCUT2D eigenvalue weighted by Crippen LogP contribution is -2.36. The molecule has 8 heteroatoms. The normalized spacial score (nSPS) is 16.4. The molecule has 1 aliphatic carbocycles. The number of aryl methyl sites for hydroxylation is 1. The molecule has 1 heterocycles. The van der Waals surface area contributed by atoms with E-state index in [0.717, 1.165) is 49.1 Å². The van der Waals surface area contributed by atoms with Gasteiger partial charge in [0.2, 0.25) is 5.91 Å². The minimum atomic E-state index is -4.03. The van der Waals surface area contributed by atoms with Crippen molar-refractivity contribution in [1.82, 2.24) is 0 Å². The van der Waals surface area contributed by atoms with Crippen LogP contribution in [0.25, 0.3) is 0 Å². The molecule has 1 aliphatic heterocycles. The van der Waals surface area contributed by atoms with Gasteiger partial charge in [0.25, 0.3) is 10.0 Å². The molecule has 0 spiro atoms. The number of halogens is 1. The Balaban J connectivity index is 1.62. The number of methoxy groups -OCH3 is 1. The third-order valence-corrected chi connectivity index (χ3v) is 6.46. The molecular formula is C20H21FN2O4S. The Labute approximate surface area is 163 Å². The van der Waals surface area contributed by atoms with E-state index >= 15 is 0 Å². The Kier molecular flexibility index (Phi) is 4.74. The summed E-state index contributed by atoms with van der Waals surface area (Å²) in [5.74, 6) is -0.322. The fraction of sp³-hybridized carbons (Fsp3) is 0.350. The fourth-order valence-electron chi connectivity index (χ4n) is 3.51. The van der Waals surface area contributed by atoms with Gasteiger partial charge in [0.15, 0.2) is 0 Å². The van der Waals surface area contributed by atoms with Crippen molar-refractivity contribution in [2.24, 2.45) is 5.92 Å². The molecule has 1 amide bonds. The molecule has 0 bridgehead atoms. The number of sulfonamides is 1. The number of fused-ring (bicyclic) bond motifs is 1. The second-order valence-corrected chi connectivity index (χ2v) is 8.76. The zero-order valence-electron chi connectivity index (χ0n) is 15.4. The number of nitrogens with one attached hydrogen (secondary N) is 1. The van der Waals surface area contributed by atoms with Crippen molar-refractivity contribution >= 4 is 27.3 Å². The van der Waals surface area contributed by atoms with E-state index in [-0.39, 0.29) is 22.5 Å². The quantitative estimate of drug-likeness (QED) is 0.830. The number of benzene rings is 2. The van der Waals surface area contributed by atoms with Crippen molar-refractivity contribution < 1.29 is 22.3 Å². The van der Waals surface area contributed by atoms with E-state index in [0.29, 0.717) is 12.2 Å². The van der Waals surface area contributed by atoms with E-state index < -0.39 is 15.8 Å². The van der Waals surface area contributed by atoms with Gasteiger partial charge in [-0.05, 0) is 67.6 Å². The maximum absolute atomic E-state index is 13.6. The van der Waals surface area contributed by atoms with E-state index in [1.54, 1.807) is 18.2 Å². The van der Waals surface area contributed by atoms with Crippen molar-refractivity contribution in [3.05, 3.63) is 47.8 Å². The number of hydrogen-bond acceptors (Lipinski definition) is 4. The molecule has 2 aromatic carbocycles. The first-order valence-corrected chi connectivity index (χ1v) is 10.7. The van der Waals surface area contributed by atoms with Gasteiger partial charge in [-0.2, -0.15) is 0 Å². The molecule has 1 saturated carbocycles. The number of amides is 1. The summed E-state index contributed by atoms with van der Waals surface area (Å²) in [7, 11) is -2.70. The van der Waals surface area contributed by atoms with Gasteiger partial charge in [-0.3, -0.25) is 9.52 Å². The summed E-state index contributed by atoms with van der Waals surface area (Å²) in [4.78, 5) is 14.0. The summed E-state index contributed by atoms with van der Waals surface area (Å²) in [5, 5.41) is 0. The predicted molar refractivity (Wildman–Crippen MR) is 104 cm³/mol. The Hall–Kier alpha value is -2.61. The number of ether oxygens (including phenoxy) is 1. The molecule has 4 rings (SSSR count). The number of carbonyl (C=O) groups excluding carboxylic acids is 1. The number of rotatable bonds is 5. The number of anilines is 2. The summed E-state index contributed by atoms with van der Waals surface area (Å²) >= 11 is 0. The van der Waals surface area contributed by atoms with Crippen LogP contribution in [0.1, 0.15) is 24.8 Å². The molecule has 0 radical (unpaired) electrons. The van der Waals surface area contributed by atoms with Crippen LogP contribution in [0.4, 0.5) is 15.8 Å². The Bertz CT molecular complexity index is 1030. The standard InChI is InChI=1S/C20H21FN2O4S/c1-27-18-9-6-15(21)12-19(18)28(25,26)22-16-7-8-17-14(11-16)3-2-10-23(17)20(24)13-4-5-13/h6-9,11-13,22H,2-5,10H2,1H3. The van der Waals surface area contributed by atoms with Gasteiger partial charge in [0, 0.05) is 23.8 Å².